The number of halogens is 1. The molecule has 0 amide bonds. The van der Waals surface area contributed by atoms with Crippen LogP contribution in [0.3, 0.4) is 0 Å². The topological polar surface area (TPSA) is 53.6 Å². The van der Waals surface area contributed by atoms with Crippen molar-refractivity contribution in [2.75, 3.05) is 0 Å². The van der Waals surface area contributed by atoms with Crippen molar-refractivity contribution in [1.29, 1.82) is 0 Å². The van der Waals surface area contributed by atoms with Gasteiger partial charge in [-0.05, 0) is 23.1 Å². The molecule has 5 heteroatoms. The molecule has 0 bridgehead atoms. The fourth-order valence-corrected chi connectivity index (χ4v) is 2.38. The molecule has 0 fully saturated rings. The summed E-state index contributed by atoms with van der Waals surface area (Å²) >= 11 is 0. The predicted octanol–water partition coefficient (Wildman–Crippen LogP) is 3.38. The molecule has 4 nitrogen and oxygen atoms in total. The quantitative estimate of drug-likeness (QED) is 0.887. The minimum atomic E-state index is -0.212. The van der Waals surface area contributed by atoms with Crippen LogP contribution < -0.4 is 5.32 Å². The largest absolute Gasteiger partial charge is 0.302 e. The van der Waals surface area contributed by atoms with Crippen LogP contribution in [0, 0.1) is 11.2 Å². The van der Waals surface area contributed by atoms with Crippen LogP contribution in [-0.4, -0.2) is 15.2 Å². The van der Waals surface area contributed by atoms with Crippen LogP contribution >= 0.6 is 0 Å². The number of aryl methyl sites for hydroxylation is 1. The molecule has 21 heavy (non-hydrogen) atoms. The first kappa shape index (κ1) is 15.6. The first-order valence-corrected chi connectivity index (χ1v) is 7.29. The highest BCUT2D eigenvalue weighted by Crippen LogP contribution is 2.33. The zero-order valence-corrected chi connectivity index (χ0v) is 13.1. The van der Waals surface area contributed by atoms with Gasteiger partial charge in [0.1, 0.15) is 17.5 Å². The molecule has 2 N–H and O–H groups in total. The molecule has 0 radical (unpaired) electrons. The van der Waals surface area contributed by atoms with Crippen LogP contribution in [0.2, 0.25) is 0 Å². The number of nitrogens with one attached hydrogen (secondary N) is 2. The van der Waals surface area contributed by atoms with E-state index in [9.17, 15) is 4.39 Å². The SMILES string of the molecule is CCc1n[nH]c(CN[C@H](c2cccc(F)c2)C(C)(C)C)n1. The van der Waals surface area contributed by atoms with Gasteiger partial charge < -0.3 is 5.32 Å². The van der Waals surface area contributed by atoms with Crippen molar-refractivity contribution < 1.29 is 4.39 Å². The second-order valence-electron chi connectivity index (χ2n) is 6.29. The molecule has 114 valence electrons. The highest BCUT2D eigenvalue weighted by atomic mass is 19.1. The van der Waals surface area contributed by atoms with Gasteiger partial charge in [0.2, 0.25) is 0 Å². The molecule has 1 aromatic carbocycles. The lowest BCUT2D eigenvalue weighted by molar-refractivity contribution is 0.269. The predicted molar refractivity (Wildman–Crippen MR) is 81.2 cm³/mol. The number of aromatic nitrogens is 3. The third kappa shape index (κ3) is 4.11. The number of H-pyrrole nitrogens is 1. The Balaban J connectivity index is 2.14. The average molecular weight is 290 g/mol. The zero-order valence-electron chi connectivity index (χ0n) is 13.1. The summed E-state index contributed by atoms with van der Waals surface area (Å²) in [6.07, 6.45) is 0.809. The van der Waals surface area contributed by atoms with Crippen LogP contribution in [0.1, 0.15) is 50.9 Å². The van der Waals surface area contributed by atoms with E-state index in [2.05, 4.69) is 41.3 Å². The summed E-state index contributed by atoms with van der Waals surface area (Å²) in [5, 5.41) is 10.5. The average Bonchev–Trinajstić information content (AvgIpc) is 2.85. The van der Waals surface area contributed by atoms with Gasteiger partial charge in [0.25, 0.3) is 0 Å². The number of nitrogens with zero attached hydrogens (tertiary/aromatic N) is 2. The van der Waals surface area contributed by atoms with E-state index in [1.165, 1.54) is 6.07 Å². The summed E-state index contributed by atoms with van der Waals surface area (Å²) in [5.74, 6) is 1.40. The summed E-state index contributed by atoms with van der Waals surface area (Å²) in [5.41, 5.74) is 0.902. The van der Waals surface area contributed by atoms with Gasteiger partial charge in [-0.15, -0.1) is 0 Å². The number of aromatic amines is 1. The number of hydrogen-bond acceptors (Lipinski definition) is 3. The number of hydrogen-bond donors (Lipinski definition) is 2. The van der Waals surface area contributed by atoms with Crippen molar-refractivity contribution in [1.82, 2.24) is 20.5 Å². The van der Waals surface area contributed by atoms with E-state index >= 15 is 0 Å². The van der Waals surface area contributed by atoms with Crippen molar-refractivity contribution in [3.63, 3.8) is 0 Å². The fourth-order valence-electron chi connectivity index (χ4n) is 2.38. The maximum Gasteiger partial charge on any atom is 0.150 e. The Morgan fingerprint density at radius 3 is 2.67 bits per heavy atom. The Labute approximate surface area is 125 Å². The van der Waals surface area contributed by atoms with E-state index in [0.29, 0.717) is 6.54 Å². The Morgan fingerprint density at radius 2 is 2.10 bits per heavy atom. The molecule has 0 spiro atoms. The molecule has 1 atom stereocenters. The lowest BCUT2D eigenvalue weighted by atomic mass is 9.82. The smallest absolute Gasteiger partial charge is 0.150 e. The molecular weight excluding hydrogens is 267 g/mol. The highest BCUT2D eigenvalue weighted by molar-refractivity contribution is 5.22. The third-order valence-corrected chi connectivity index (χ3v) is 3.42. The zero-order chi connectivity index (χ0) is 15.5. The first-order valence-electron chi connectivity index (χ1n) is 7.29. The molecule has 0 aliphatic heterocycles. The first-order chi connectivity index (χ1) is 9.90. The van der Waals surface area contributed by atoms with Gasteiger partial charge in [0.15, 0.2) is 0 Å². The van der Waals surface area contributed by atoms with Gasteiger partial charge in [-0.1, -0.05) is 39.8 Å². The Hall–Kier alpha value is -1.75. The Kier molecular flexibility index (Phi) is 4.73. The van der Waals surface area contributed by atoms with Crippen molar-refractivity contribution in [3.05, 3.63) is 47.3 Å². The van der Waals surface area contributed by atoms with Gasteiger partial charge in [-0.2, -0.15) is 5.10 Å². The Morgan fingerprint density at radius 1 is 1.33 bits per heavy atom. The van der Waals surface area contributed by atoms with Crippen LogP contribution in [0.5, 0.6) is 0 Å². The van der Waals surface area contributed by atoms with E-state index < -0.39 is 0 Å². The van der Waals surface area contributed by atoms with E-state index in [1.807, 2.05) is 13.0 Å². The van der Waals surface area contributed by atoms with Crippen molar-refractivity contribution in [3.8, 4) is 0 Å². The lowest BCUT2D eigenvalue weighted by Crippen LogP contribution is -2.32. The maximum absolute atomic E-state index is 13.5. The van der Waals surface area contributed by atoms with E-state index in [0.717, 1.165) is 23.6 Å². The van der Waals surface area contributed by atoms with Gasteiger partial charge in [-0.3, -0.25) is 5.10 Å². The van der Waals surface area contributed by atoms with Crippen LogP contribution in [0.25, 0.3) is 0 Å². The molecule has 0 saturated carbocycles. The van der Waals surface area contributed by atoms with Gasteiger partial charge in [0.05, 0.1) is 6.54 Å². The fraction of sp³-hybridized carbons (Fsp3) is 0.500. The summed E-state index contributed by atoms with van der Waals surface area (Å²) in [6.45, 7) is 8.99. The molecule has 0 unspecified atom stereocenters. The van der Waals surface area contributed by atoms with Gasteiger partial charge in [0, 0.05) is 12.5 Å². The van der Waals surface area contributed by atoms with Crippen LogP contribution in [0.4, 0.5) is 4.39 Å². The van der Waals surface area contributed by atoms with E-state index in [-0.39, 0.29) is 17.3 Å². The Bertz CT molecular complexity index is 586. The highest BCUT2D eigenvalue weighted by Gasteiger charge is 2.26. The van der Waals surface area contributed by atoms with Crippen LogP contribution in [-0.2, 0) is 13.0 Å². The number of benzene rings is 1. The summed E-state index contributed by atoms with van der Waals surface area (Å²) in [7, 11) is 0. The molecule has 0 aliphatic carbocycles. The second-order valence-corrected chi connectivity index (χ2v) is 6.29. The molecule has 0 aliphatic rings. The second kappa shape index (κ2) is 6.35. The monoisotopic (exact) mass is 290 g/mol. The molecule has 1 heterocycles. The van der Waals surface area contributed by atoms with Gasteiger partial charge in [-0.25, -0.2) is 9.37 Å². The molecule has 2 aromatic rings. The van der Waals surface area contributed by atoms with Crippen LogP contribution in [0.15, 0.2) is 24.3 Å². The summed E-state index contributed by atoms with van der Waals surface area (Å²) in [4.78, 5) is 4.39. The normalized spacial score (nSPS) is 13.4. The minimum Gasteiger partial charge on any atom is -0.302 e. The van der Waals surface area contributed by atoms with E-state index in [1.54, 1.807) is 12.1 Å². The molecule has 1 aromatic heterocycles. The van der Waals surface area contributed by atoms with Gasteiger partial charge >= 0.3 is 0 Å². The maximum atomic E-state index is 13.5. The molecular formula is C16H23FN4. The van der Waals surface area contributed by atoms with Crippen molar-refractivity contribution >= 4 is 0 Å². The standard InChI is InChI=1S/C16H23FN4/c1-5-13-19-14(21-20-13)10-18-15(16(2,3)4)11-7-6-8-12(17)9-11/h6-9,15,18H,5,10H2,1-4H3,(H,19,20,21)/t15-/m1/s1. The molecule has 0 saturated heterocycles. The van der Waals surface area contributed by atoms with Crippen molar-refractivity contribution in [2.45, 2.75) is 46.7 Å². The van der Waals surface area contributed by atoms with Crippen molar-refractivity contribution in [2.24, 2.45) is 5.41 Å². The summed E-state index contributed by atoms with van der Waals surface area (Å²) < 4.78 is 13.5. The lowest BCUT2D eigenvalue weighted by Gasteiger charge is -2.32. The third-order valence-electron chi connectivity index (χ3n) is 3.42. The molecule has 2 rings (SSSR count). The van der Waals surface area contributed by atoms with E-state index in [4.69, 9.17) is 0 Å². The minimum absolute atomic E-state index is 0.0309. The summed E-state index contributed by atoms with van der Waals surface area (Å²) in [6, 6.07) is 6.77. The number of rotatable bonds is 5.